The van der Waals surface area contributed by atoms with Crippen molar-refractivity contribution in [2.45, 2.75) is 61.3 Å². The van der Waals surface area contributed by atoms with Gasteiger partial charge in [-0.15, -0.1) is 35.7 Å². The second-order valence-corrected chi connectivity index (χ2v) is 12.2. The fraction of sp³-hybridized carbons (Fsp3) is 0.220. The molecule has 0 fully saturated rings. The minimum Gasteiger partial charge on any atom is -0.509 e. The molecule has 5 nitrogen and oxygen atoms in total. The average Bonchev–Trinajstić information content (AvgIpc) is 3.59. The third-order valence-electron chi connectivity index (χ3n) is 9.23. The van der Waals surface area contributed by atoms with Crippen molar-refractivity contribution in [3.05, 3.63) is 130 Å². The zero-order chi connectivity index (χ0) is 32.1. The van der Waals surface area contributed by atoms with Crippen molar-refractivity contribution in [1.29, 1.82) is 0 Å². The second kappa shape index (κ2) is 13.0. The van der Waals surface area contributed by atoms with E-state index in [2.05, 4.69) is 118 Å². The number of aromatic nitrogens is 4. The summed E-state index contributed by atoms with van der Waals surface area (Å²) < 4.78 is 10.7. The van der Waals surface area contributed by atoms with Crippen LogP contribution in [0.25, 0.3) is 44.4 Å². The van der Waals surface area contributed by atoms with E-state index in [1.807, 2.05) is 30.5 Å². The topological polar surface area (TPSA) is 44.9 Å². The van der Waals surface area contributed by atoms with E-state index in [0.717, 1.165) is 57.4 Å². The van der Waals surface area contributed by atoms with Crippen molar-refractivity contribution in [3.63, 3.8) is 0 Å². The van der Waals surface area contributed by atoms with Crippen molar-refractivity contribution in [2.75, 3.05) is 0 Å². The molecular formula is C41H38N4OPd. The molecule has 0 amide bonds. The van der Waals surface area contributed by atoms with E-state index in [-0.39, 0.29) is 20.4 Å². The van der Waals surface area contributed by atoms with Crippen LogP contribution in [-0.2, 0) is 33.3 Å². The Morgan fingerprint density at radius 2 is 1.47 bits per heavy atom. The Hall–Kier alpha value is -4.50. The Labute approximate surface area is 290 Å². The molecule has 0 unspecified atom stereocenters. The van der Waals surface area contributed by atoms with E-state index < -0.39 is 0 Å². The monoisotopic (exact) mass is 708 g/mol. The summed E-state index contributed by atoms with van der Waals surface area (Å²) in [5, 5.41) is 7.42. The van der Waals surface area contributed by atoms with E-state index in [4.69, 9.17) is 14.8 Å². The van der Waals surface area contributed by atoms with Crippen LogP contribution >= 0.6 is 0 Å². The van der Waals surface area contributed by atoms with Crippen LogP contribution < -0.4 is 4.74 Å². The second-order valence-electron chi connectivity index (χ2n) is 12.2. The SMILES string of the molecule is CCc1nn(-c2[c-]c(Oc3[c-]c4c(cc3)c3ccccc3n4-c3cc(C)ccn3)ccc2)c(CC)c1-c1c(C)c(C)cc(C)c1C.[Pd+2]. The molecule has 0 aliphatic carbocycles. The van der Waals surface area contributed by atoms with Crippen molar-refractivity contribution in [3.8, 4) is 34.1 Å². The maximum atomic E-state index is 6.46. The van der Waals surface area contributed by atoms with E-state index in [1.165, 1.54) is 39.1 Å². The summed E-state index contributed by atoms with van der Waals surface area (Å²) in [6.07, 6.45) is 3.54. The number of rotatable bonds is 7. The van der Waals surface area contributed by atoms with E-state index >= 15 is 0 Å². The number of hydrogen-bond acceptors (Lipinski definition) is 3. The van der Waals surface area contributed by atoms with Gasteiger partial charge in [-0.2, -0.15) is 17.2 Å². The van der Waals surface area contributed by atoms with Gasteiger partial charge < -0.3 is 9.30 Å². The van der Waals surface area contributed by atoms with Crippen LogP contribution in [0.15, 0.2) is 79.0 Å². The van der Waals surface area contributed by atoms with Crippen molar-refractivity contribution in [1.82, 2.24) is 19.3 Å². The first-order chi connectivity index (χ1) is 22.3. The number of nitrogens with zero attached hydrogens (tertiary/aromatic N) is 4. The van der Waals surface area contributed by atoms with Gasteiger partial charge in [0.05, 0.1) is 5.69 Å². The molecule has 0 N–H and O–H groups in total. The summed E-state index contributed by atoms with van der Waals surface area (Å²) in [6.45, 7) is 15.3. The van der Waals surface area contributed by atoms with E-state index in [9.17, 15) is 0 Å². The van der Waals surface area contributed by atoms with Gasteiger partial charge >= 0.3 is 20.4 Å². The van der Waals surface area contributed by atoms with Gasteiger partial charge in [0.25, 0.3) is 0 Å². The first-order valence-electron chi connectivity index (χ1n) is 16.1. The predicted octanol–water partition coefficient (Wildman–Crippen LogP) is 10.1. The minimum absolute atomic E-state index is 0. The molecule has 0 saturated carbocycles. The Bertz CT molecular complexity index is 2250. The molecule has 238 valence electrons. The largest absolute Gasteiger partial charge is 2.00 e. The summed E-state index contributed by atoms with van der Waals surface area (Å²) in [6, 6.07) is 32.0. The van der Waals surface area contributed by atoms with Gasteiger partial charge in [0.2, 0.25) is 0 Å². The number of pyridine rings is 1. The number of ether oxygens (including phenoxy) is 1. The van der Waals surface area contributed by atoms with Crippen LogP contribution in [0.3, 0.4) is 0 Å². The van der Waals surface area contributed by atoms with E-state index in [1.54, 1.807) is 0 Å². The van der Waals surface area contributed by atoms with Crippen LogP contribution in [-0.4, -0.2) is 19.3 Å². The molecule has 3 heterocycles. The molecule has 7 aromatic rings. The van der Waals surface area contributed by atoms with Crippen LogP contribution in [0.5, 0.6) is 11.5 Å². The molecule has 0 radical (unpaired) electrons. The van der Waals surface area contributed by atoms with Crippen LogP contribution in [0.4, 0.5) is 0 Å². The van der Waals surface area contributed by atoms with Gasteiger partial charge in [-0.05, 0) is 110 Å². The predicted molar refractivity (Wildman–Crippen MR) is 188 cm³/mol. The molecule has 7 rings (SSSR count). The average molecular weight is 709 g/mol. The van der Waals surface area contributed by atoms with Gasteiger partial charge in [-0.1, -0.05) is 43.6 Å². The number of hydrogen-bond donors (Lipinski definition) is 0. The number of fused-ring (bicyclic) bond motifs is 3. The molecule has 3 aromatic heterocycles. The van der Waals surface area contributed by atoms with E-state index in [0.29, 0.717) is 11.5 Å². The first kappa shape index (κ1) is 32.4. The van der Waals surface area contributed by atoms with Gasteiger partial charge in [-0.3, -0.25) is 4.68 Å². The number of para-hydroxylation sites is 1. The molecular weight excluding hydrogens is 671 g/mol. The Morgan fingerprint density at radius 1 is 0.723 bits per heavy atom. The molecule has 0 saturated heterocycles. The van der Waals surface area contributed by atoms with Crippen LogP contribution in [0.2, 0.25) is 0 Å². The number of aryl methyl sites for hydroxylation is 4. The molecule has 4 aromatic carbocycles. The third-order valence-corrected chi connectivity index (χ3v) is 9.23. The quantitative estimate of drug-likeness (QED) is 0.122. The summed E-state index contributed by atoms with van der Waals surface area (Å²) in [7, 11) is 0. The summed E-state index contributed by atoms with van der Waals surface area (Å²) in [4.78, 5) is 4.70. The number of benzene rings is 4. The maximum absolute atomic E-state index is 6.46. The molecule has 0 aliphatic rings. The maximum Gasteiger partial charge on any atom is 2.00 e. The van der Waals surface area contributed by atoms with Crippen molar-refractivity contribution >= 4 is 21.8 Å². The summed E-state index contributed by atoms with van der Waals surface area (Å²) >= 11 is 0. The van der Waals surface area contributed by atoms with Gasteiger partial charge in [0.1, 0.15) is 5.82 Å². The minimum atomic E-state index is 0. The van der Waals surface area contributed by atoms with Crippen molar-refractivity contribution in [2.24, 2.45) is 0 Å². The fourth-order valence-electron chi connectivity index (χ4n) is 6.71. The normalized spacial score (nSPS) is 11.3. The van der Waals surface area contributed by atoms with Crippen LogP contribution in [0, 0.1) is 46.8 Å². The van der Waals surface area contributed by atoms with Crippen LogP contribution in [0.1, 0.15) is 53.1 Å². The zero-order valence-electron chi connectivity index (χ0n) is 27.9. The Balaban J connectivity index is 0.00000386. The molecule has 0 spiro atoms. The third kappa shape index (κ3) is 5.60. The summed E-state index contributed by atoms with van der Waals surface area (Å²) in [5.41, 5.74) is 14.1. The molecule has 47 heavy (non-hydrogen) atoms. The van der Waals surface area contributed by atoms with Gasteiger partial charge in [-0.25, -0.2) is 4.98 Å². The molecule has 0 atom stereocenters. The fourth-order valence-corrected chi connectivity index (χ4v) is 6.71. The zero-order valence-corrected chi connectivity index (χ0v) is 29.5. The van der Waals surface area contributed by atoms with Crippen molar-refractivity contribution < 1.29 is 25.2 Å². The molecule has 0 bridgehead atoms. The summed E-state index contributed by atoms with van der Waals surface area (Å²) in [5.74, 6) is 2.08. The molecule has 0 aliphatic heterocycles. The standard InChI is InChI=1S/C41H38N4O.Pd/c1-8-35-41(40-28(6)26(4)22-27(5)29(40)7)36(9-2)45(43-35)30-13-12-14-31(23-30)46-32-17-18-34-33-15-10-11-16-37(33)44(38(34)24-32)39-21-25(3)19-20-42-39;/h10-22H,8-9H2,1-7H3;/q-2;+2. The van der Waals surface area contributed by atoms with Gasteiger partial charge in [0, 0.05) is 34.5 Å². The Morgan fingerprint density at radius 3 is 2.19 bits per heavy atom. The smallest absolute Gasteiger partial charge is 0.509 e. The Kier molecular flexibility index (Phi) is 8.94. The first-order valence-corrected chi connectivity index (χ1v) is 16.1. The van der Waals surface area contributed by atoms with Gasteiger partial charge in [0.15, 0.2) is 0 Å². The molecule has 6 heteroatoms.